The maximum atomic E-state index is 11.3. The van der Waals surface area contributed by atoms with Crippen LogP contribution in [0.2, 0.25) is 0 Å². The fourth-order valence-corrected chi connectivity index (χ4v) is 2.28. The van der Waals surface area contributed by atoms with Crippen LogP contribution in [-0.2, 0) is 12.0 Å². The van der Waals surface area contributed by atoms with Crippen LogP contribution >= 0.6 is 0 Å². The quantitative estimate of drug-likeness (QED) is 0.830. The lowest BCUT2D eigenvalue weighted by atomic mass is 9.90. The van der Waals surface area contributed by atoms with Gasteiger partial charge in [-0.1, -0.05) is 44.2 Å². The molecule has 0 saturated heterocycles. The summed E-state index contributed by atoms with van der Waals surface area (Å²) >= 11 is 0. The van der Waals surface area contributed by atoms with Gasteiger partial charge in [-0.3, -0.25) is 0 Å². The smallest absolute Gasteiger partial charge is 0.358 e. The Kier molecular flexibility index (Phi) is 4.80. The average molecular weight is 303 g/mol. The zero-order chi connectivity index (χ0) is 16.2. The van der Waals surface area contributed by atoms with E-state index in [2.05, 4.69) is 10.3 Å². The van der Waals surface area contributed by atoms with Gasteiger partial charge in [0.2, 0.25) is 0 Å². The fourth-order valence-electron chi connectivity index (χ4n) is 2.28. The van der Waals surface area contributed by atoms with Crippen molar-refractivity contribution >= 4 is 5.97 Å². The largest absolute Gasteiger partial charge is 0.494 e. The molecule has 6 heteroatoms. The molecule has 1 aromatic carbocycles. The second-order valence-electron chi connectivity index (χ2n) is 6.08. The number of aromatic carboxylic acids is 1. The molecular weight excluding hydrogens is 282 g/mol. The molecule has 1 heterocycles. The second kappa shape index (κ2) is 6.60. The molecule has 0 unspecified atom stereocenters. The Labute approximate surface area is 129 Å². The third kappa shape index (κ3) is 3.84. The summed E-state index contributed by atoms with van der Waals surface area (Å²) in [5.74, 6) is -0.222. The summed E-state index contributed by atoms with van der Waals surface area (Å²) in [4.78, 5) is 11.3. The number of hydrogen-bond acceptors (Lipinski definition) is 4. The third-order valence-electron chi connectivity index (χ3n) is 3.17. The van der Waals surface area contributed by atoms with Crippen LogP contribution < -0.4 is 4.74 Å². The van der Waals surface area contributed by atoms with E-state index in [1.165, 1.54) is 0 Å². The molecule has 2 aromatic rings. The summed E-state index contributed by atoms with van der Waals surface area (Å²) < 4.78 is 7.29. The number of aryl methyl sites for hydroxylation is 1. The summed E-state index contributed by atoms with van der Waals surface area (Å²) in [5, 5.41) is 17.0. The van der Waals surface area contributed by atoms with Crippen LogP contribution in [0, 0.1) is 0 Å². The Morgan fingerprint density at radius 3 is 2.55 bits per heavy atom. The molecule has 0 aliphatic carbocycles. The van der Waals surface area contributed by atoms with Gasteiger partial charge in [0, 0.05) is 18.4 Å². The molecular formula is C16H21N3O3. The lowest BCUT2D eigenvalue weighted by Crippen LogP contribution is -2.22. The van der Waals surface area contributed by atoms with Crippen molar-refractivity contribution in [3.05, 3.63) is 41.7 Å². The number of carboxylic acids is 1. The molecule has 2 rings (SSSR count). The molecule has 1 N–H and O–H groups in total. The van der Waals surface area contributed by atoms with Gasteiger partial charge in [0.15, 0.2) is 5.69 Å². The van der Waals surface area contributed by atoms with Crippen LogP contribution in [0.5, 0.6) is 5.75 Å². The molecule has 6 nitrogen and oxygen atoms in total. The zero-order valence-corrected chi connectivity index (χ0v) is 13.1. The molecule has 22 heavy (non-hydrogen) atoms. The number of carboxylic acid groups (broad SMARTS) is 1. The maximum Gasteiger partial charge on any atom is 0.358 e. The van der Waals surface area contributed by atoms with Gasteiger partial charge in [0.25, 0.3) is 0 Å². The van der Waals surface area contributed by atoms with E-state index < -0.39 is 5.97 Å². The van der Waals surface area contributed by atoms with E-state index in [-0.39, 0.29) is 11.1 Å². The van der Waals surface area contributed by atoms with Crippen molar-refractivity contribution in [1.29, 1.82) is 0 Å². The van der Waals surface area contributed by atoms with E-state index in [0.29, 0.717) is 18.8 Å². The van der Waals surface area contributed by atoms with Crippen LogP contribution in [-0.4, -0.2) is 32.7 Å². The summed E-state index contributed by atoms with van der Waals surface area (Å²) in [5.41, 5.74) is 0.327. The molecule has 0 aliphatic rings. The third-order valence-corrected chi connectivity index (χ3v) is 3.17. The minimum atomic E-state index is -1.04. The van der Waals surface area contributed by atoms with Crippen LogP contribution in [0.3, 0.4) is 0 Å². The first-order chi connectivity index (χ1) is 10.4. The fraction of sp³-hybridized carbons (Fsp3) is 0.438. The number of para-hydroxylation sites is 1. The summed E-state index contributed by atoms with van der Waals surface area (Å²) in [6, 6.07) is 9.58. The molecule has 0 atom stereocenters. The predicted molar refractivity (Wildman–Crippen MR) is 82.2 cm³/mol. The molecule has 0 spiro atoms. The van der Waals surface area contributed by atoms with Crippen molar-refractivity contribution in [3.8, 4) is 5.75 Å². The lowest BCUT2D eigenvalue weighted by Gasteiger charge is -2.20. The van der Waals surface area contributed by atoms with Gasteiger partial charge in [0.05, 0.1) is 12.3 Å². The van der Waals surface area contributed by atoms with Gasteiger partial charge in [-0.25, -0.2) is 9.48 Å². The predicted octanol–water partition coefficient (Wildman–Crippen LogP) is 2.74. The van der Waals surface area contributed by atoms with Crippen molar-refractivity contribution in [2.75, 3.05) is 6.61 Å². The summed E-state index contributed by atoms with van der Waals surface area (Å²) in [6.07, 6.45) is 0.723. The van der Waals surface area contributed by atoms with Gasteiger partial charge in [-0.2, -0.15) is 0 Å². The van der Waals surface area contributed by atoms with Crippen LogP contribution in [0.25, 0.3) is 0 Å². The Balaban J connectivity index is 2.00. The molecule has 0 aliphatic heterocycles. The number of nitrogens with zero attached hydrogens (tertiary/aromatic N) is 3. The molecule has 118 valence electrons. The Morgan fingerprint density at radius 1 is 1.27 bits per heavy atom. The highest BCUT2D eigenvalue weighted by molar-refractivity contribution is 5.86. The Hall–Kier alpha value is -2.37. The van der Waals surface area contributed by atoms with Crippen LogP contribution in [0.15, 0.2) is 30.3 Å². The number of ether oxygens (including phenoxy) is 1. The van der Waals surface area contributed by atoms with Crippen LogP contribution in [0.1, 0.15) is 43.4 Å². The minimum Gasteiger partial charge on any atom is -0.494 e. The van der Waals surface area contributed by atoms with Crippen molar-refractivity contribution in [2.24, 2.45) is 0 Å². The van der Waals surface area contributed by atoms with Crippen molar-refractivity contribution in [1.82, 2.24) is 15.0 Å². The van der Waals surface area contributed by atoms with Gasteiger partial charge < -0.3 is 9.84 Å². The first-order valence-electron chi connectivity index (χ1n) is 7.24. The van der Waals surface area contributed by atoms with E-state index in [4.69, 9.17) is 4.74 Å². The summed E-state index contributed by atoms with van der Waals surface area (Å²) in [6.45, 7) is 6.97. The normalized spacial score (nSPS) is 11.4. The number of benzene rings is 1. The Bertz CT molecular complexity index is 630. The molecule has 0 saturated carbocycles. The standard InChI is InChI=1S/C16H21N3O3/c1-16(2,3)14-13(15(20)21)17-18-19(14)10-7-11-22-12-8-5-4-6-9-12/h4-6,8-9H,7,10-11H2,1-3H3,(H,20,21). The highest BCUT2D eigenvalue weighted by Gasteiger charge is 2.28. The van der Waals surface area contributed by atoms with Gasteiger partial charge >= 0.3 is 5.97 Å². The summed E-state index contributed by atoms with van der Waals surface area (Å²) in [7, 11) is 0. The van der Waals surface area contributed by atoms with Crippen molar-refractivity contribution < 1.29 is 14.6 Å². The van der Waals surface area contributed by atoms with Crippen molar-refractivity contribution in [3.63, 3.8) is 0 Å². The maximum absolute atomic E-state index is 11.3. The second-order valence-corrected chi connectivity index (χ2v) is 6.08. The number of hydrogen-bond donors (Lipinski definition) is 1. The highest BCUT2D eigenvalue weighted by atomic mass is 16.5. The molecule has 0 radical (unpaired) electrons. The van der Waals surface area contributed by atoms with Crippen molar-refractivity contribution in [2.45, 2.75) is 39.2 Å². The van der Waals surface area contributed by atoms with E-state index in [1.54, 1.807) is 4.68 Å². The lowest BCUT2D eigenvalue weighted by molar-refractivity contribution is 0.0687. The van der Waals surface area contributed by atoms with Gasteiger partial charge in [-0.05, 0) is 12.1 Å². The number of rotatable bonds is 6. The van der Waals surface area contributed by atoms with Gasteiger partial charge in [-0.15, -0.1) is 5.10 Å². The average Bonchev–Trinajstić information content (AvgIpc) is 2.89. The molecule has 0 amide bonds. The molecule has 0 bridgehead atoms. The van der Waals surface area contributed by atoms with Gasteiger partial charge in [0.1, 0.15) is 5.75 Å². The monoisotopic (exact) mass is 303 g/mol. The van der Waals surface area contributed by atoms with E-state index >= 15 is 0 Å². The Morgan fingerprint density at radius 2 is 1.95 bits per heavy atom. The zero-order valence-electron chi connectivity index (χ0n) is 13.1. The van der Waals surface area contributed by atoms with E-state index in [9.17, 15) is 9.90 Å². The number of aromatic nitrogens is 3. The first-order valence-corrected chi connectivity index (χ1v) is 7.24. The molecule has 0 fully saturated rings. The topological polar surface area (TPSA) is 77.2 Å². The SMILES string of the molecule is CC(C)(C)c1c(C(=O)O)nnn1CCCOc1ccccc1. The van der Waals surface area contributed by atoms with E-state index in [1.807, 2.05) is 51.1 Å². The van der Waals surface area contributed by atoms with Crippen LogP contribution in [0.4, 0.5) is 0 Å². The van der Waals surface area contributed by atoms with E-state index in [0.717, 1.165) is 12.2 Å². The first kappa shape index (κ1) is 16.0. The number of carbonyl (C=O) groups is 1. The minimum absolute atomic E-state index is 0.0245. The highest BCUT2D eigenvalue weighted by Crippen LogP contribution is 2.24. The molecule has 1 aromatic heterocycles.